The van der Waals surface area contributed by atoms with Crippen molar-refractivity contribution in [2.45, 2.75) is 63.9 Å². The molecule has 0 radical (unpaired) electrons. The van der Waals surface area contributed by atoms with Crippen LogP contribution in [0.2, 0.25) is 0 Å². The van der Waals surface area contributed by atoms with Crippen molar-refractivity contribution in [3.05, 3.63) is 34.9 Å². The second-order valence-corrected chi connectivity index (χ2v) is 7.48. The van der Waals surface area contributed by atoms with Gasteiger partial charge in [0.25, 0.3) is 5.91 Å². The maximum atomic E-state index is 12.9. The third-order valence-electron chi connectivity index (χ3n) is 5.43. The van der Waals surface area contributed by atoms with Gasteiger partial charge in [0.1, 0.15) is 6.10 Å². The zero-order chi connectivity index (χ0) is 18.2. The highest BCUT2D eigenvalue weighted by Gasteiger charge is 2.48. The first-order chi connectivity index (χ1) is 11.8. The van der Waals surface area contributed by atoms with Crippen LogP contribution >= 0.6 is 0 Å². The molecule has 1 aliphatic carbocycles. The van der Waals surface area contributed by atoms with Gasteiger partial charge < -0.3 is 4.74 Å². The number of hydrogen-bond acceptors (Lipinski definition) is 4. The minimum absolute atomic E-state index is 0.0418. The molecule has 1 aliphatic heterocycles. The van der Waals surface area contributed by atoms with Gasteiger partial charge in [-0.05, 0) is 51.2 Å². The van der Waals surface area contributed by atoms with E-state index in [1.807, 2.05) is 19.1 Å². The summed E-state index contributed by atoms with van der Waals surface area (Å²) in [6.07, 6.45) is 5.04. The number of carbonyl (C=O) groups excluding carboxylic acids is 3. The Morgan fingerprint density at radius 2 is 1.92 bits per heavy atom. The van der Waals surface area contributed by atoms with Crippen molar-refractivity contribution >= 4 is 17.8 Å². The Bertz CT molecular complexity index is 720. The number of carbonyl (C=O) groups is 3. The summed E-state index contributed by atoms with van der Waals surface area (Å²) < 4.78 is 5.62. The van der Waals surface area contributed by atoms with Crippen LogP contribution in [0.3, 0.4) is 0 Å². The molecule has 0 saturated heterocycles. The number of hydrogen-bond donors (Lipinski definition) is 0. The largest absolute Gasteiger partial charge is 0.462 e. The molecule has 0 aromatic heterocycles. The summed E-state index contributed by atoms with van der Waals surface area (Å²) >= 11 is 0. The number of fused-ring (bicyclic) bond motifs is 1. The average Bonchev–Trinajstić information content (AvgIpc) is 2.59. The van der Waals surface area contributed by atoms with E-state index >= 15 is 0 Å². The zero-order valence-corrected chi connectivity index (χ0v) is 15.1. The molecule has 1 fully saturated rings. The number of imide groups is 1. The van der Waals surface area contributed by atoms with Gasteiger partial charge in [-0.3, -0.25) is 19.3 Å². The van der Waals surface area contributed by atoms with Crippen LogP contribution < -0.4 is 0 Å². The normalized spacial score (nSPS) is 24.2. The van der Waals surface area contributed by atoms with Crippen molar-refractivity contribution in [1.82, 2.24) is 4.90 Å². The van der Waals surface area contributed by atoms with Gasteiger partial charge in [0, 0.05) is 12.6 Å². The van der Waals surface area contributed by atoms with Crippen LogP contribution in [-0.4, -0.2) is 35.8 Å². The Labute approximate surface area is 148 Å². The van der Waals surface area contributed by atoms with Gasteiger partial charge in [-0.15, -0.1) is 0 Å². The van der Waals surface area contributed by atoms with Crippen molar-refractivity contribution in [1.29, 1.82) is 0 Å². The molecule has 0 bridgehead atoms. The summed E-state index contributed by atoms with van der Waals surface area (Å²) in [5.74, 6) is -1.03. The molecule has 2 amide bonds. The molecule has 0 spiro atoms. The van der Waals surface area contributed by atoms with Crippen molar-refractivity contribution in [3.8, 4) is 0 Å². The van der Waals surface area contributed by atoms with E-state index in [2.05, 4.69) is 0 Å². The van der Waals surface area contributed by atoms with Gasteiger partial charge in [0.05, 0.1) is 11.8 Å². The fourth-order valence-electron chi connectivity index (χ4n) is 3.93. The first-order valence-corrected chi connectivity index (χ1v) is 8.96. The van der Waals surface area contributed by atoms with E-state index in [4.69, 9.17) is 4.74 Å². The van der Waals surface area contributed by atoms with Gasteiger partial charge in [0.2, 0.25) is 5.91 Å². The predicted molar refractivity (Wildman–Crippen MR) is 93.2 cm³/mol. The lowest BCUT2D eigenvalue weighted by Crippen LogP contribution is -2.52. The molecule has 1 aromatic carbocycles. The van der Waals surface area contributed by atoms with Gasteiger partial charge in [0.15, 0.2) is 0 Å². The summed E-state index contributed by atoms with van der Waals surface area (Å²) in [6, 6.07) is 5.42. The van der Waals surface area contributed by atoms with Crippen molar-refractivity contribution in [2.75, 3.05) is 7.05 Å². The fraction of sp³-hybridized carbons (Fsp3) is 0.550. The molecule has 25 heavy (non-hydrogen) atoms. The number of esters is 1. The van der Waals surface area contributed by atoms with E-state index in [1.54, 1.807) is 13.0 Å². The Balaban J connectivity index is 1.88. The quantitative estimate of drug-likeness (QED) is 0.625. The molecule has 1 saturated carbocycles. The maximum Gasteiger partial charge on any atom is 0.307 e. The lowest BCUT2D eigenvalue weighted by molar-refractivity contribution is -0.155. The van der Waals surface area contributed by atoms with Crippen LogP contribution in [0.25, 0.3) is 0 Å². The topological polar surface area (TPSA) is 63.7 Å². The molecule has 1 unspecified atom stereocenters. The zero-order valence-electron chi connectivity index (χ0n) is 15.1. The molecule has 1 heterocycles. The summed E-state index contributed by atoms with van der Waals surface area (Å²) in [5.41, 5.74) is 0.994. The van der Waals surface area contributed by atoms with E-state index in [9.17, 15) is 14.4 Å². The smallest absolute Gasteiger partial charge is 0.307 e. The molecule has 2 aliphatic rings. The number of nitrogens with zero attached hydrogens (tertiary/aromatic N) is 1. The summed E-state index contributed by atoms with van der Waals surface area (Å²) in [4.78, 5) is 38.9. The second kappa shape index (κ2) is 6.62. The minimum atomic E-state index is -1.07. The third-order valence-corrected chi connectivity index (χ3v) is 5.43. The van der Waals surface area contributed by atoms with E-state index < -0.39 is 5.41 Å². The number of rotatable bonds is 3. The Hall–Kier alpha value is -2.17. The Morgan fingerprint density at radius 3 is 2.60 bits per heavy atom. The summed E-state index contributed by atoms with van der Waals surface area (Å²) in [5, 5.41) is 0. The highest BCUT2D eigenvalue weighted by atomic mass is 16.5. The SMILES string of the molecule is Cc1ccc2c(c1)C(C)(CC(=O)OC1CCCCC1)C(=O)N(C)C2=O. The Morgan fingerprint density at radius 1 is 1.24 bits per heavy atom. The molecule has 5 heteroatoms. The van der Waals surface area contributed by atoms with Gasteiger partial charge in [-0.2, -0.15) is 0 Å². The monoisotopic (exact) mass is 343 g/mol. The van der Waals surface area contributed by atoms with E-state index in [1.165, 1.54) is 13.5 Å². The van der Waals surface area contributed by atoms with Gasteiger partial charge in [-0.25, -0.2) is 0 Å². The summed E-state index contributed by atoms with van der Waals surface area (Å²) in [6.45, 7) is 3.65. The van der Waals surface area contributed by atoms with Crippen molar-refractivity contribution in [3.63, 3.8) is 0 Å². The third kappa shape index (κ3) is 3.20. The molecule has 134 valence electrons. The molecule has 5 nitrogen and oxygen atoms in total. The van der Waals surface area contributed by atoms with Crippen LogP contribution in [0, 0.1) is 6.92 Å². The average molecular weight is 343 g/mol. The highest BCUT2D eigenvalue weighted by molar-refractivity contribution is 6.13. The number of aryl methyl sites for hydroxylation is 1. The molecular formula is C20H25NO4. The lowest BCUT2D eigenvalue weighted by Gasteiger charge is -2.38. The van der Waals surface area contributed by atoms with E-state index in [0.717, 1.165) is 36.1 Å². The number of likely N-dealkylation sites (N-methyl/N-ethyl adjacent to an activating group) is 1. The van der Waals surface area contributed by atoms with Gasteiger partial charge >= 0.3 is 5.97 Å². The van der Waals surface area contributed by atoms with Crippen molar-refractivity contribution in [2.24, 2.45) is 0 Å². The fourth-order valence-corrected chi connectivity index (χ4v) is 3.93. The first-order valence-electron chi connectivity index (χ1n) is 8.96. The van der Waals surface area contributed by atoms with Crippen LogP contribution in [0.4, 0.5) is 0 Å². The van der Waals surface area contributed by atoms with Crippen LogP contribution in [-0.2, 0) is 19.7 Å². The van der Waals surface area contributed by atoms with Gasteiger partial charge in [-0.1, -0.05) is 24.1 Å². The number of ether oxygens (including phenoxy) is 1. The molecule has 1 aromatic rings. The second-order valence-electron chi connectivity index (χ2n) is 7.48. The standard InChI is InChI=1S/C20H25NO4/c1-13-9-10-15-16(11-13)20(2,19(24)21(3)18(15)23)12-17(22)25-14-7-5-4-6-8-14/h9-11,14H,4-8,12H2,1-3H3. The molecular weight excluding hydrogens is 318 g/mol. The van der Waals surface area contributed by atoms with E-state index in [0.29, 0.717) is 11.1 Å². The number of amides is 2. The highest BCUT2D eigenvalue weighted by Crippen LogP contribution is 2.38. The first kappa shape index (κ1) is 17.6. The van der Waals surface area contributed by atoms with Crippen LogP contribution in [0.1, 0.15) is 66.9 Å². The van der Waals surface area contributed by atoms with Crippen molar-refractivity contribution < 1.29 is 19.1 Å². The Kier molecular flexibility index (Phi) is 4.67. The van der Waals surface area contributed by atoms with Crippen LogP contribution in [0.5, 0.6) is 0 Å². The summed E-state index contributed by atoms with van der Waals surface area (Å²) in [7, 11) is 1.47. The molecule has 3 rings (SSSR count). The molecule has 1 atom stereocenters. The maximum absolute atomic E-state index is 12.9. The van der Waals surface area contributed by atoms with E-state index in [-0.39, 0.29) is 30.3 Å². The minimum Gasteiger partial charge on any atom is -0.462 e. The number of benzene rings is 1. The van der Waals surface area contributed by atoms with Crippen LogP contribution in [0.15, 0.2) is 18.2 Å². The molecule has 0 N–H and O–H groups in total. The predicted octanol–water partition coefficient (Wildman–Crippen LogP) is 3.13. The lowest BCUT2D eigenvalue weighted by atomic mass is 9.73.